The lowest BCUT2D eigenvalue weighted by Gasteiger charge is -2.08. The first kappa shape index (κ1) is 14.5. The van der Waals surface area contributed by atoms with Crippen LogP contribution < -0.4 is 10.1 Å². The SMILES string of the molecule is O=C(CCOc1cccc(Br)c1)Nc1ccccc1F. The minimum atomic E-state index is -0.450. The Hall–Kier alpha value is -1.88. The average molecular weight is 338 g/mol. The van der Waals surface area contributed by atoms with Gasteiger partial charge in [0.15, 0.2) is 0 Å². The maximum absolute atomic E-state index is 13.3. The molecule has 5 heteroatoms. The van der Waals surface area contributed by atoms with E-state index in [2.05, 4.69) is 21.2 Å². The van der Waals surface area contributed by atoms with Crippen molar-refractivity contribution in [3.63, 3.8) is 0 Å². The number of hydrogen-bond donors (Lipinski definition) is 1. The fraction of sp³-hybridized carbons (Fsp3) is 0.133. The van der Waals surface area contributed by atoms with Crippen LogP contribution in [0.25, 0.3) is 0 Å². The number of anilines is 1. The van der Waals surface area contributed by atoms with E-state index in [0.29, 0.717) is 5.75 Å². The highest BCUT2D eigenvalue weighted by Crippen LogP contribution is 2.18. The van der Waals surface area contributed by atoms with Gasteiger partial charge >= 0.3 is 0 Å². The summed E-state index contributed by atoms with van der Waals surface area (Å²) < 4.78 is 19.7. The zero-order valence-electron chi connectivity index (χ0n) is 10.6. The molecule has 0 aromatic heterocycles. The summed E-state index contributed by atoms with van der Waals surface area (Å²) in [5.41, 5.74) is 0.181. The third kappa shape index (κ3) is 4.35. The van der Waals surface area contributed by atoms with E-state index in [1.807, 2.05) is 18.2 Å². The number of carbonyl (C=O) groups excluding carboxylic acids is 1. The van der Waals surface area contributed by atoms with E-state index >= 15 is 0 Å². The lowest BCUT2D eigenvalue weighted by atomic mass is 10.3. The average Bonchev–Trinajstić information content (AvgIpc) is 2.41. The summed E-state index contributed by atoms with van der Waals surface area (Å²) in [6.07, 6.45) is 0.154. The molecule has 20 heavy (non-hydrogen) atoms. The van der Waals surface area contributed by atoms with Gasteiger partial charge in [-0.2, -0.15) is 0 Å². The van der Waals surface area contributed by atoms with Crippen molar-refractivity contribution < 1.29 is 13.9 Å². The molecular formula is C15H13BrFNO2. The molecule has 0 saturated carbocycles. The predicted octanol–water partition coefficient (Wildman–Crippen LogP) is 4.00. The number of para-hydroxylation sites is 1. The van der Waals surface area contributed by atoms with Crippen molar-refractivity contribution in [2.45, 2.75) is 6.42 Å². The van der Waals surface area contributed by atoms with Gasteiger partial charge in [0.25, 0.3) is 0 Å². The van der Waals surface area contributed by atoms with E-state index in [-0.39, 0.29) is 24.6 Å². The Bertz CT molecular complexity index is 604. The largest absolute Gasteiger partial charge is 0.493 e. The topological polar surface area (TPSA) is 38.3 Å². The second-order valence-electron chi connectivity index (χ2n) is 4.08. The van der Waals surface area contributed by atoms with Gasteiger partial charge in [-0.25, -0.2) is 4.39 Å². The number of benzene rings is 2. The van der Waals surface area contributed by atoms with Crippen LogP contribution in [0.2, 0.25) is 0 Å². The molecule has 0 spiro atoms. The Morgan fingerprint density at radius 3 is 2.75 bits per heavy atom. The highest BCUT2D eigenvalue weighted by atomic mass is 79.9. The van der Waals surface area contributed by atoms with Gasteiger partial charge in [0.05, 0.1) is 18.7 Å². The highest BCUT2D eigenvalue weighted by Gasteiger charge is 2.06. The van der Waals surface area contributed by atoms with Gasteiger partial charge in [-0.3, -0.25) is 4.79 Å². The van der Waals surface area contributed by atoms with Gasteiger partial charge in [-0.05, 0) is 30.3 Å². The summed E-state index contributed by atoms with van der Waals surface area (Å²) in [7, 11) is 0. The molecule has 0 unspecified atom stereocenters. The van der Waals surface area contributed by atoms with Crippen LogP contribution in [0.1, 0.15) is 6.42 Å². The molecule has 2 aromatic rings. The first-order valence-electron chi connectivity index (χ1n) is 6.08. The number of rotatable bonds is 5. The number of carbonyl (C=O) groups is 1. The van der Waals surface area contributed by atoms with E-state index in [0.717, 1.165) is 4.47 Å². The molecule has 1 amide bonds. The van der Waals surface area contributed by atoms with Crippen LogP contribution in [0, 0.1) is 5.82 Å². The fourth-order valence-corrected chi connectivity index (χ4v) is 1.97. The zero-order valence-corrected chi connectivity index (χ0v) is 12.2. The van der Waals surface area contributed by atoms with Crippen molar-refractivity contribution in [3.8, 4) is 5.75 Å². The lowest BCUT2D eigenvalue weighted by Crippen LogP contribution is -2.15. The third-order valence-electron chi connectivity index (χ3n) is 2.54. The molecular weight excluding hydrogens is 325 g/mol. The smallest absolute Gasteiger partial charge is 0.227 e. The molecule has 0 heterocycles. The number of halogens is 2. The zero-order chi connectivity index (χ0) is 14.4. The monoisotopic (exact) mass is 337 g/mol. The van der Waals surface area contributed by atoms with Crippen LogP contribution in [0.15, 0.2) is 53.0 Å². The Morgan fingerprint density at radius 1 is 1.20 bits per heavy atom. The lowest BCUT2D eigenvalue weighted by molar-refractivity contribution is -0.116. The first-order chi connectivity index (χ1) is 9.65. The molecule has 2 rings (SSSR count). The van der Waals surface area contributed by atoms with E-state index in [1.165, 1.54) is 12.1 Å². The molecule has 0 bridgehead atoms. The molecule has 104 valence electrons. The minimum absolute atomic E-state index is 0.154. The van der Waals surface area contributed by atoms with Gasteiger partial charge < -0.3 is 10.1 Å². The van der Waals surface area contributed by atoms with Gasteiger partial charge in [-0.1, -0.05) is 34.1 Å². The molecule has 3 nitrogen and oxygen atoms in total. The Balaban J connectivity index is 1.80. The van der Waals surface area contributed by atoms with Crippen molar-refractivity contribution >= 4 is 27.5 Å². The van der Waals surface area contributed by atoms with Crippen LogP contribution in [0.4, 0.5) is 10.1 Å². The van der Waals surface area contributed by atoms with Crippen molar-refractivity contribution in [1.82, 2.24) is 0 Å². The Morgan fingerprint density at radius 2 is 2.00 bits per heavy atom. The summed E-state index contributed by atoms with van der Waals surface area (Å²) in [6, 6.07) is 13.4. The highest BCUT2D eigenvalue weighted by molar-refractivity contribution is 9.10. The molecule has 0 saturated heterocycles. The van der Waals surface area contributed by atoms with Crippen molar-refractivity contribution in [2.75, 3.05) is 11.9 Å². The predicted molar refractivity (Wildman–Crippen MR) is 79.3 cm³/mol. The normalized spacial score (nSPS) is 10.1. The number of ether oxygens (including phenoxy) is 1. The summed E-state index contributed by atoms with van der Waals surface area (Å²) >= 11 is 3.33. The second kappa shape index (κ2) is 7.05. The molecule has 0 aliphatic carbocycles. The number of amides is 1. The molecule has 0 atom stereocenters. The maximum atomic E-state index is 13.3. The van der Waals surface area contributed by atoms with Gasteiger partial charge in [0, 0.05) is 4.47 Å². The standard InChI is InChI=1S/C15H13BrFNO2/c16-11-4-3-5-12(10-11)20-9-8-15(19)18-14-7-2-1-6-13(14)17/h1-7,10H,8-9H2,(H,18,19). The fourth-order valence-electron chi connectivity index (χ4n) is 1.59. The van der Waals surface area contributed by atoms with Gasteiger partial charge in [0.1, 0.15) is 11.6 Å². The van der Waals surface area contributed by atoms with Crippen molar-refractivity contribution in [3.05, 3.63) is 58.8 Å². The van der Waals surface area contributed by atoms with Crippen LogP contribution in [0.5, 0.6) is 5.75 Å². The molecule has 0 aliphatic rings. The Labute approximate surface area is 124 Å². The van der Waals surface area contributed by atoms with Gasteiger partial charge in [0.2, 0.25) is 5.91 Å². The summed E-state index contributed by atoms with van der Waals surface area (Å²) in [4.78, 5) is 11.7. The van der Waals surface area contributed by atoms with Crippen molar-refractivity contribution in [2.24, 2.45) is 0 Å². The van der Waals surface area contributed by atoms with Crippen LogP contribution in [0.3, 0.4) is 0 Å². The quantitative estimate of drug-likeness (QED) is 0.895. The molecule has 0 radical (unpaired) electrons. The number of hydrogen-bond acceptors (Lipinski definition) is 2. The van der Waals surface area contributed by atoms with E-state index in [1.54, 1.807) is 18.2 Å². The summed E-state index contributed by atoms with van der Waals surface area (Å²) in [5.74, 6) is -0.0584. The minimum Gasteiger partial charge on any atom is -0.493 e. The third-order valence-corrected chi connectivity index (χ3v) is 3.04. The van der Waals surface area contributed by atoms with Gasteiger partial charge in [-0.15, -0.1) is 0 Å². The maximum Gasteiger partial charge on any atom is 0.227 e. The molecule has 2 aromatic carbocycles. The Kier molecular flexibility index (Phi) is 5.12. The van der Waals surface area contributed by atoms with Crippen molar-refractivity contribution in [1.29, 1.82) is 0 Å². The number of nitrogens with one attached hydrogen (secondary N) is 1. The van der Waals surface area contributed by atoms with E-state index in [9.17, 15) is 9.18 Å². The van der Waals surface area contributed by atoms with E-state index in [4.69, 9.17) is 4.74 Å². The first-order valence-corrected chi connectivity index (χ1v) is 6.87. The van der Waals surface area contributed by atoms with Crippen LogP contribution in [-0.2, 0) is 4.79 Å². The molecule has 1 N–H and O–H groups in total. The summed E-state index contributed by atoms with van der Waals surface area (Å²) in [6.45, 7) is 0.233. The van der Waals surface area contributed by atoms with Crippen LogP contribution in [-0.4, -0.2) is 12.5 Å². The summed E-state index contributed by atoms with van der Waals surface area (Å²) in [5, 5.41) is 2.50. The van der Waals surface area contributed by atoms with Crippen LogP contribution >= 0.6 is 15.9 Å². The molecule has 0 fully saturated rings. The molecule has 0 aliphatic heterocycles. The van der Waals surface area contributed by atoms with E-state index < -0.39 is 5.82 Å². The second-order valence-corrected chi connectivity index (χ2v) is 5.00.